The molecule has 0 fully saturated rings. The first kappa shape index (κ1) is 11.9. The number of aromatic nitrogens is 2. The Kier molecular flexibility index (Phi) is 3.93. The highest BCUT2D eigenvalue weighted by molar-refractivity contribution is 7.07. The molecule has 0 radical (unpaired) electrons. The van der Waals surface area contributed by atoms with Crippen molar-refractivity contribution in [2.24, 2.45) is 0 Å². The van der Waals surface area contributed by atoms with Crippen LogP contribution in [0.3, 0.4) is 0 Å². The third kappa shape index (κ3) is 3.17. The molecule has 2 aromatic heterocycles. The van der Waals surface area contributed by atoms with Crippen molar-refractivity contribution >= 4 is 23.1 Å². The van der Waals surface area contributed by atoms with Crippen molar-refractivity contribution in [1.82, 2.24) is 9.97 Å². The summed E-state index contributed by atoms with van der Waals surface area (Å²) in [6.45, 7) is 5.66. The summed E-state index contributed by atoms with van der Waals surface area (Å²) in [6.07, 6.45) is 1.83. The van der Waals surface area contributed by atoms with Crippen LogP contribution in [-0.4, -0.2) is 16.5 Å². The van der Waals surface area contributed by atoms with Gasteiger partial charge in [0.1, 0.15) is 5.82 Å². The van der Waals surface area contributed by atoms with E-state index in [9.17, 15) is 0 Å². The molecule has 0 amide bonds. The van der Waals surface area contributed by atoms with Crippen molar-refractivity contribution in [3.63, 3.8) is 0 Å². The Bertz CT molecular complexity index is 467. The minimum atomic E-state index is 0.672. The molecule has 17 heavy (non-hydrogen) atoms. The monoisotopic (exact) mass is 248 g/mol. The zero-order valence-electron chi connectivity index (χ0n) is 10.0. The van der Waals surface area contributed by atoms with E-state index in [1.165, 1.54) is 5.56 Å². The SMILES string of the molecule is CCNc1ncc(C)c(NCc2ccsc2)n1. The molecule has 2 aromatic rings. The number of aryl methyl sites for hydroxylation is 1. The molecule has 0 atom stereocenters. The van der Waals surface area contributed by atoms with E-state index in [1.54, 1.807) is 11.3 Å². The minimum absolute atomic E-state index is 0.672. The first-order chi connectivity index (χ1) is 8.29. The third-order valence-corrected chi connectivity index (χ3v) is 3.08. The summed E-state index contributed by atoms with van der Waals surface area (Å²) in [4.78, 5) is 8.65. The number of anilines is 2. The molecule has 0 aromatic carbocycles. The first-order valence-electron chi connectivity index (χ1n) is 5.62. The number of hydrogen-bond donors (Lipinski definition) is 2. The second-order valence-corrected chi connectivity index (χ2v) is 4.52. The largest absolute Gasteiger partial charge is 0.366 e. The van der Waals surface area contributed by atoms with Gasteiger partial charge < -0.3 is 10.6 Å². The second-order valence-electron chi connectivity index (χ2n) is 3.74. The lowest BCUT2D eigenvalue weighted by atomic mass is 10.3. The molecule has 0 aliphatic heterocycles. The normalized spacial score (nSPS) is 10.2. The van der Waals surface area contributed by atoms with Gasteiger partial charge in [-0.15, -0.1) is 0 Å². The number of nitrogens with zero attached hydrogens (tertiary/aromatic N) is 2. The predicted octanol–water partition coefficient (Wildman–Crippen LogP) is 2.89. The molecule has 2 rings (SSSR count). The lowest BCUT2D eigenvalue weighted by molar-refractivity contribution is 1.04. The Labute approximate surface area is 105 Å². The number of nitrogens with one attached hydrogen (secondary N) is 2. The van der Waals surface area contributed by atoms with Crippen LogP contribution in [0, 0.1) is 6.92 Å². The van der Waals surface area contributed by atoms with Crippen LogP contribution in [-0.2, 0) is 6.54 Å². The molecular formula is C12H16N4S. The van der Waals surface area contributed by atoms with Crippen LogP contribution in [0.25, 0.3) is 0 Å². The van der Waals surface area contributed by atoms with Gasteiger partial charge in [0.15, 0.2) is 0 Å². The molecular weight excluding hydrogens is 232 g/mol. The van der Waals surface area contributed by atoms with E-state index in [1.807, 2.05) is 20.0 Å². The molecule has 4 nitrogen and oxygen atoms in total. The second kappa shape index (κ2) is 5.63. The van der Waals surface area contributed by atoms with Crippen LogP contribution < -0.4 is 10.6 Å². The number of hydrogen-bond acceptors (Lipinski definition) is 5. The standard InChI is InChI=1S/C12H16N4S/c1-3-13-12-15-6-9(2)11(16-12)14-7-10-4-5-17-8-10/h4-6,8H,3,7H2,1-2H3,(H2,13,14,15,16). The van der Waals surface area contributed by atoms with E-state index < -0.39 is 0 Å². The summed E-state index contributed by atoms with van der Waals surface area (Å²) in [5, 5.41) is 10.6. The fourth-order valence-corrected chi connectivity index (χ4v) is 2.11. The van der Waals surface area contributed by atoms with E-state index in [2.05, 4.69) is 37.4 Å². The van der Waals surface area contributed by atoms with Gasteiger partial charge in [0.25, 0.3) is 0 Å². The molecule has 0 aliphatic carbocycles. The Hall–Kier alpha value is -1.62. The van der Waals surface area contributed by atoms with Gasteiger partial charge in [-0.1, -0.05) is 0 Å². The van der Waals surface area contributed by atoms with Crippen LogP contribution in [0.15, 0.2) is 23.0 Å². The Balaban J connectivity index is 2.06. The molecule has 0 saturated carbocycles. The van der Waals surface area contributed by atoms with Gasteiger partial charge in [-0.05, 0) is 36.2 Å². The van der Waals surface area contributed by atoms with Crippen LogP contribution in [0.1, 0.15) is 18.1 Å². The summed E-state index contributed by atoms with van der Waals surface area (Å²) in [6, 6.07) is 2.11. The van der Waals surface area contributed by atoms with E-state index in [-0.39, 0.29) is 0 Å². The van der Waals surface area contributed by atoms with E-state index >= 15 is 0 Å². The van der Waals surface area contributed by atoms with Crippen LogP contribution >= 0.6 is 11.3 Å². The summed E-state index contributed by atoms with van der Waals surface area (Å²) < 4.78 is 0. The highest BCUT2D eigenvalue weighted by Gasteiger charge is 2.03. The van der Waals surface area contributed by atoms with Crippen molar-refractivity contribution in [3.8, 4) is 0 Å². The maximum absolute atomic E-state index is 4.43. The minimum Gasteiger partial charge on any atom is -0.366 e. The first-order valence-corrected chi connectivity index (χ1v) is 6.56. The predicted molar refractivity (Wildman–Crippen MR) is 72.6 cm³/mol. The van der Waals surface area contributed by atoms with Gasteiger partial charge >= 0.3 is 0 Å². The quantitative estimate of drug-likeness (QED) is 0.854. The Morgan fingerprint density at radius 1 is 1.35 bits per heavy atom. The summed E-state index contributed by atoms with van der Waals surface area (Å²) in [5.41, 5.74) is 2.33. The van der Waals surface area contributed by atoms with E-state index in [0.717, 1.165) is 24.5 Å². The van der Waals surface area contributed by atoms with Gasteiger partial charge in [0.2, 0.25) is 5.95 Å². The lowest BCUT2D eigenvalue weighted by Gasteiger charge is -2.09. The van der Waals surface area contributed by atoms with Crippen molar-refractivity contribution in [3.05, 3.63) is 34.2 Å². The molecule has 0 bridgehead atoms. The summed E-state index contributed by atoms with van der Waals surface area (Å²) >= 11 is 1.71. The van der Waals surface area contributed by atoms with Crippen LogP contribution in [0.2, 0.25) is 0 Å². The number of thiophene rings is 1. The summed E-state index contributed by atoms with van der Waals surface area (Å²) in [7, 11) is 0. The number of rotatable bonds is 5. The maximum Gasteiger partial charge on any atom is 0.224 e. The molecule has 0 saturated heterocycles. The van der Waals surface area contributed by atoms with Crippen LogP contribution in [0.5, 0.6) is 0 Å². The third-order valence-electron chi connectivity index (χ3n) is 2.35. The van der Waals surface area contributed by atoms with E-state index in [4.69, 9.17) is 0 Å². The topological polar surface area (TPSA) is 49.8 Å². The van der Waals surface area contributed by atoms with Gasteiger partial charge in [-0.2, -0.15) is 16.3 Å². The van der Waals surface area contributed by atoms with Crippen LogP contribution in [0.4, 0.5) is 11.8 Å². The van der Waals surface area contributed by atoms with Crippen molar-refractivity contribution < 1.29 is 0 Å². The highest BCUT2D eigenvalue weighted by Crippen LogP contribution is 2.14. The Morgan fingerprint density at radius 2 is 2.24 bits per heavy atom. The van der Waals surface area contributed by atoms with E-state index in [0.29, 0.717) is 5.95 Å². The van der Waals surface area contributed by atoms with Gasteiger partial charge in [-0.25, -0.2) is 4.98 Å². The maximum atomic E-state index is 4.43. The smallest absolute Gasteiger partial charge is 0.224 e. The molecule has 0 unspecified atom stereocenters. The fraction of sp³-hybridized carbons (Fsp3) is 0.333. The summed E-state index contributed by atoms with van der Waals surface area (Å²) in [5.74, 6) is 1.56. The molecule has 0 aliphatic rings. The van der Waals surface area contributed by atoms with Crippen molar-refractivity contribution in [1.29, 1.82) is 0 Å². The molecule has 0 spiro atoms. The molecule has 2 heterocycles. The fourth-order valence-electron chi connectivity index (χ4n) is 1.44. The average molecular weight is 248 g/mol. The lowest BCUT2D eigenvalue weighted by Crippen LogP contribution is -2.07. The molecule has 2 N–H and O–H groups in total. The van der Waals surface area contributed by atoms with Crippen molar-refractivity contribution in [2.75, 3.05) is 17.2 Å². The zero-order valence-corrected chi connectivity index (χ0v) is 10.8. The van der Waals surface area contributed by atoms with Gasteiger partial charge in [0.05, 0.1) is 0 Å². The molecule has 5 heteroatoms. The average Bonchev–Trinajstić information content (AvgIpc) is 2.83. The highest BCUT2D eigenvalue weighted by atomic mass is 32.1. The Morgan fingerprint density at radius 3 is 2.94 bits per heavy atom. The van der Waals surface area contributed by atoms with Gasteiger partial charge in [0, 0.05) is 24.8 Å². The molecule has 90 valence electrons. The van der Waals surface area contributed by atoms with Crippen molar-refractivity contribution in [2.45, 2.75) is 20.4 Å². The zero-order chi connectivity index (χ0) is 12.1. The van der Waals surface area contributed by atoms with Gasteiger partial charge in [-0.3, -0.25) is 0 Å².